The van der Waals surface area contributed by atoms with Gasteiger partial charge in [-0.05, 0) is 44.0 Å². The van der Waals surface area contributed by atoms with E-state index in [0.29, 0.717) is 0 Å². The van der Waals surface area contributed by atoms with Gasteiger partial charge in [0.15, 0.2) is 0 Å². The van der Waals surface area contributed by atoms with E-state index in [1.54, 1.807) is 11.8 Å². The number of benzene rings is 1. The summed E-state index contributed by atoms with van der Waals surface area (Å²) in [7, 11) is 0. The fraction of sp³-hybridized carbons (Fsp3) is 0.417. The van der Waals surface area contributed by atoms with Crippen LogP contribution in [-0.4, -0.2) is 17.7 Å². The summed E-state index contributed by atoms with van der Waals surface area (Å²) >= 11 is 1.62. The molecule has 86 valence electrons. The molecule has 1 heterocycles. The van der Waals surface area contributed by atoms with Gasteiger partial charge in [-0.2, -0.15) is 0 Å². The van der Waals surface area contributed by atoms with E-state index in [2.05, 4.69) is 17.4 Å². The van der Waals surface area contributed by atoms with Crippen molar-refractivity contribution in [2.45, 2.75) is 29.9 Å². The van der Waals surface area contributed by atoms with Gasteiger partial charge < -0.3 is 11.1 Å². The molecule has 2 rings (SSSR count). The first-order valence-electron chi connectivity index (χ1n) is 5.51. The molecule has 1 aliphatic rings. The number of anilines is 1. The van der Waals surface area contributed by atoms with E-state index < -0.39 is 0 Å². The van der Waals surface area contributed by atoms with Crippen molar-refractivity contribution in [3.05, 3.63) is 23.8 Å². The number of amides is 1. The average Bonchev–Trinajstić information content (AvgIpc) is 2.28. The van der Waals surface area contributed by atoms with Gasteiger partial charge in [0.05, 0.1) is 10.9 Å². The van der Waals surface area contributed by atoms with Gasteiger partial charge in [0.25, 0.3) is 0 Å². The van der Waals surface area contributed by atoms with Gasteiger partial charge in [-0.15, -0.1) is 11.8 Å². The molecule has 1 unspecified atom stereocenters. The van der Waals surface area contributed by atoms with Gasteiger partial charge >= 0.3 is 0 Å². The largest absolute Gasteiger partial charge is 0.330 e. The molecule has 16 heavy (non-hydrogen) atoms. The molecule has 0 saturated carbocycles. The van der Waals surface area contributed by atoms with Gasteiger partial charge in [0, 0.05) is 4.90 Å². The minimum Gasteiger partial charge on any atom is -0.330 e. The zero-order chi connectivity index (χ0) is 11.5. The Kier molecular flexibility index (Phi) is 3.51. The third kappa shape index (κ3) is 2.39. The Balaban J connectivity index is 2.19. The maximum atomic E-state index is 11.5. The number of hydrogen-bond donors (Lipinski definition) is 2. The fourth-order valence-electron chi connectivity index (χ4n) is 1.71. The Morgan fingerprint density at radius 3 is 3.06 bits per heavy atom. The molecule has 0 spiro atoms. The van der Waals surface area contributed by atoms with Gasteiger partial charge in [-0.1, -0.05) is 6.07 Å². The number of nitrogens with one attached hydrogen (secondary N) is 1. The fourth-order valence-corrected chi connectivity index (χ4v) is 2.72. The predicted molar refractivity (Wildman–Crippen MR) is 67.8 cm³/mol. The normalized spacial score (nSPS) is 19.1. The minimum atomic E-state index is -0.00254. The number of carbonyl (C=O) groups excluding carboxylic acids is 1. The van der Waals surface area contributed by atoms with Crippen molar-refractivity contribution in [3.8, 4) is 0 Å². The van der Waals surface area contributed by atoms with Crippen molar-refractivity contribution in [1.29, 1.82) is 0 Å². The second-order valence-corrected chi connectivity index (χ2v) is 5.35. The summed E-state index contributed by atoms with van der Waals surface area (Å²) in [6.45, 7) is 2.65. The van der Waals surface area contributed by atoms with Gasteiger partial charge in [0.2, 0.25) is 5.91 Å². The van der Waals surface area contributed by atoms with Crippen LogP contribution < -0.4 is 11.1 Å². The van der Waals surface area contributed by atoms with Crippen LogP contribution in [0, 0.1) is 0 Å². The first-order valence-corrected chi connectivity index (χ1v) is 6.39. The highest BCUT2D eigenvalue weighted by Crippen LogP contribution is 2.36. The number of nitrogens with two attached hydrogens (primary N) is 1. The van der Waals surface area contributed by atoms with Crippen LogP contribution in [0.3, 0.4) is 0 Å². The molecule has 1 aliphatic heterocycles. The summed E-state index contributed by atoms with van der Waals surface area (Å²) in [5.74, 6) is 0.0900. The lowest BCUT2D eigenvalue weighted by atomic mass is 10.1. The lowest BCUT2D eigenvalue weighted by Crippen LogP contribution is -2.26. The van der Waals surface area contributed by atoms with E-state index >= 15 is 0 Å². The SMILES string of the molecule is CC1Sc2cc(CCCN)ccc2NC1=O. The van der Waals surface area contributed by atoms with Crippen molar-refractivity contribution in [2.75, 3.05) is 11.9 Å². The topological polar surface area (TPSA) is 55.1 Å². The van der Waals surface area contributed by atoms with Crippen LogP contribution in [0.5, 0.6) is 0 Å². The smallest absolute Gasteiger partial charge is 0.237 e. The van der Waals surface area contributed by atoms with E-state index in [-0.39, 0.29) is 11.2 Å². The van der Waals surface area contributed by atoms with Crippen molar-refractivity contribution in [1.82, 2.24) is 0 Å². The van der Waals surface area contributed by atoms with Crippen LogP contribution in [0.1, 0.15) is 18.9 Å². The van der Waals surface area contributed by atoms with Crippen LogP contribution in [0.15, 0.2) is 23.1 Å². The molecule has 0 fully saturated rings. The first kappa shape index (κ1) is 11.5. The Hall–Kier alpha value is -1.00. The molecule has 3 N–H and O–H groups in total. The number of carbonyl (C=O) groups is 1. The van der Waals surface area contributed by atoms with Gasteiger partial charge in [0.1, 0.15) is 0 Å². The number of aryl methyl sites for hydroxylation is 1. The number of rotatable bonds is 3. The molecule has 0 radical (unpaired) electrons. The average molecular weight is 236 g/mol. The molecule has 0 saturated heterocycles. The highest BCUT2D eigenvalue weighted by molar-refractivity contribution is 8.00. The van der Waals surface area contributed by atoms with Crippen molar-refractivity contribution >= 4 is 23.4 Å². The lowest BCUT2D eigenvalue weighted by molar-refractivity contribution is -0.115. The van der Waals surface area contributed by atoms with E-state index in [0.717, 1.165) is 25.1 Å². The van der Waals surface area contributed by atoms with Crippen LogP contribution in [-0.2, 0) is 11.2 Å². The van der Waals surface area contributed by atoms with Crippen LogP contribution >= 0.6 is 11.8 Å². The monoisotopic (exact) mass is 236 g/mol. The zero-order valence-electron chi connectivity index (χ0n) is 9.32. The predicted octanol–water partition coefficient (Wildman–Crippen LogP) is 2.01. The number of thioether (sulfide) groups is 1. The molecule has 1 atom stereocenters. The quantitative estimate of drug-likeness (QED) is 0.844. The van der Waals surface area contributed by atoms with E-state index in [1.165, 1.54) is 10.5 Å². The molecule has 4 heteroatoms. The summed E-state index contributed by atoms with van der Waals surface area (Å²) < 4.78 is 0. The molecule has 0 aromatic heterocycles. The second-order valence-electron chi connectivity index (χ2n) is 3.97. The Morgan fingerprint density at radius 1 is 1.50 bits per heavy atom. The van der Waals surface area contributed by atoms with Crippen LogP contribution in [0.2, 0.25) is 0 Å². The molecule has 3 nitrogen and oxygen atoms in total. The standard InChI is InChI=1S/C12H16N2OS/c1-8-12(15)14-10-5-4-9(3-2-6-13)7-11(10)16-8/h4-5,7-8H,2-3,6,13H2,1H3,(H,14,15). The van der Waals surface area contributed by atoms with E-state index in [1.807, 2.05) is 13.0 Å². The lowest BCUT2D eigenvalue weighted by Gasteiger charge is -2.21. The van der Waals surface area contributed by atoms with Crippen LogP contribution in [0.4, 0.5) is 5.69 Å². The Bertz CT molecular complexity index is 406. The molecule has 0 aliphatic carbocycles. The third-order valence-corrected chi connectivity index (χ3v) is 3.81. The van der Waals surface area contributed by atoms with Crippen molar-refractivity contribution < 1.29 is 4.79 Å². The summed E-state index contributed by atoms with van der Waals surface area (Å²) in [5.41, 5.74) is 7.72. The van der Waals surface area contributed by atoms with Crippen LogP contribution in [0.25, 0.3) is 0 Å². The minimum absolute atomic E-state index is 0.00254. The first-order chi connectivity index (χ1) is 7.70. The Labute approximate surface area is 99.8 Å². The summed E-state index contributed by atoms with van der Waals surface area (Å²) in [6, 6.07) is 6.20. The summed E-state index contributed by atoms with van der Waals surface area (Å²) in [4.78, 5) is 12.6. The molecule has 1 aromatic rings. The third-order valence-electron chi connectivity index (χ3n) is 2.65. The van der Waals surface area contributed by atoms with Crippen molar-refractivity contribution in [3.63, 3.8) is 0 Å². The maximum Gasteiger partial charge on any atom is 0.237 e. The Morgan fingerprint density at radius 2 is 2.31 bits per heavy atom. The molecule has 1 amide bonds. The highest BCUT2D eigenvalue weighted by atomic mass is 32.2. The molecule has 1 aromatic carbocycles. The summed E-state index contributed by atoms with van der Waals surface area (Å²) in [5, 5.41) is 2.91. The second kappa shape index (κ2) is 4.89. The van der Waals surface area contributed by atoms with Crippen molar-refractivity contribution in [2.24, 2.45) is 5.73 Å². The molecule has 0 bridgehead atoms. The van der Waals surface area contributed by atoms with E-state index in [4.69, 9.17) is 5.73 Å². The number of fused-ring (bicyclic) bond motifs is 1. The van der Waals surface area contributed by atoms with E-state index in [9.17, 15) is 4.79 Å². The maximum absolute atomic E-state index is 11.5. The highest BCUT2D eigenvalue weighted by Gasteiger charge is 2.22. The number of hydrogen-bond acceptors (Lipinski definition) is 3. The molecular formula is C12H16N2OS. The zero-order valence-corrected chi connectivity index (χ0v) is 10.1. The molecular weight excluding hydrogens is 220 g/mol. The van der Waals surface area contributed by atoms with Gasteiger partial charge in [-0.3, -0.25) is 4.79 Å². The van der Waals surface area contributed by atoms with Gasteiger partial charge in [-0.25, -0.2) is 0 Å². The summed E-state index contributed by atoms with van der Waals surface area (Å²) in [6.07, 6.45) is 2.01.